The fraction of sp³-hybridized carbons (Fsp3) is 0.615. The van der Waals surface area contributed by atoms with Gasteiger partial charge < -0.3 is 10.2 Å². The number of hydrogen-bond acceptors (Lipinski definition) is 3. The predicted octanol–water partition coefficient (Wildman–Crippen LogP) is 5.05. The second kappa shape index (κ2) is 8.62. The zero-order valence-electron chi connectivity index (χ0n) is 20.2. The molecule has 0 atom stereocenters. The lowest BCUT2D eigenvalue weighted by Crippen LogP contribution is -2.63. The van der Waals surface area contributed by atoms with Crippen LogP contribution in [0.5, 0.6) is 0 Å². The van der Waals surface area contributed by atoms with Crippen molar-refractivity contribution < 1.29 is 9.18 Å². The Labute approximate surface area is 191 Å². The van der Waals surface area contributed by atoms with E-state index in [1.807, 2.05) is 6.07 Å². The molecule has 1 aliphatic carbocycles. The fourth-order valence-corrected chi connectivity index (χ4v) is 5.84. The summed E-state index contributed by atoms with van der Waals surface area (Å²) in [7, 11) is 0. The van der Waals surface area contributed by atoms with E-state index in [-0.39, 0.29) is 28.8 Å². The average Bonchev–Trinajstić information content (AvgIpc) is 3.29. The first-order valence-electron chi connectivity index (χ1n) is 12.1. The van der Waals surface area contributed by atoms with Crippen molar-refractivity contribution in [1.82, 2.24) is 20.0 Å². The first-order valence-corrected chi connectivity index (χ1v) is 12.1. The van der Waals surface area contributed by atoms with Crippen molar-refractivity contribution in [2.75, 3.05) is 6.54 Å². The monoisotopic (exact) mass is 440 g/mol. The maximum Gasteiger partial charge on any atom is 0.274 e. The molecule has 2 aliphatic rings. The first kappa shape index (κ1) is 23.0. The van der Waals surface area contributed by atoms with E-state index in [2.05, 4.69) is 44.8 Å². The number of aromatic nitrogens is 2. The van der Waals surface area contributed by atoms with Gasteiger partial charge in [0, 0.05) is 34.9 Å². The number of halogens is 1. The summed E-state index contributed by atoms with van der Waals surface area (Å²) in [6.45, 7) is 11.8. The van der Waals surface area contributed by atoms with Crippen molar-refractivity contribution in [3.8, 4) is 5.69 Å². The summed E-state index contributed by atoms with van der Waals surface area (Å²) in [5, 5.41) is 8.45. The highest BCUT2D eigenvalue weighted by Gasteiger charge is 2.42. The van der Waals surface area contributed by atoms with Gasteiger partial charge in [0.25, 0.3) is 5.91 Å². The number of benzene rings is 1. The Kier molecular flexibility index (Phi) is 6.19. The summed E-state index contributed by atoms with van der Waals surface area (Å²) in [6, 6.07) is 6.84. The third-order valence-electron chi connectivity index (χ3n) is 6.84. The molecule has 1 aromatic carbocycles. The summed E-state index contributed by atoms with van der Waals surface area (Å²) in [5.41, 5.74) is 2.84. The number of nitrogens with one attached hydrogen (secondary N) is 1. The van der Waals surface area contributed by atoms with Gasteiger partial charge in [0.1, 0.15) is 11.5 Å². The minimum atomic E-state index is -0.312. The molecule has 0 radical (unpaired) electrons. The zero-order chi connectivity index (χ0) is 23.1. The Bertz CT molecular complexity index is 978. The number of fused-ring (bicyclic) bond motifs is 1. The van der Waals surface area contributed by atoms with E-state index in [1.54, 1.807) is 16.8 Å². The van der Waals surface area contributed by atoms with Gasteiger partial charge in [-0.1, -0.05) is 25.5 Å². The van der Waals surface area contributed by atoms with E-state index in [0.29, 0.717) is 11.4 Å². The topological polar surface area (TPSA) is 50.2 Å². The minimum absolute atomic E-state index is 0.00480. The Hall–Kier alpha value is -2.21. The standard InChI is InChI=1S/C26H37FN4O/c1-6-7-15-30(18-16-25(2,3)29-26(4,5)17-18)24(32)23-19-11-10-14-21(19)31(28-23)22-13-9-8-12-20(22)27/h8-9,12-13,18,29H,6-7,10-11,14-17H2,1-5H3. The van der Waals surface area contributed by atoms with Gasteiger partial charge in [-0.15, -0.1) is 0 Å². The van der Waals surface area contributed by atoms with Crippen molar-refractivity contribution in [3.63, 3.8) is 0 Å². The second-order valence-electron chi connectivity index (χ2n) is 10.8. The highest BCUT2D eigenvalue weighted by Crippen LogP contribution is 2.34. The van der Waals surface area contributed by atoms with Crippen LogP contribution < -0.4 is 5.32 Å². The molecule has 1 amide bonds. The van der Waals surface area contributed by atoms with Gasteiger partial charge in [-0.2, -0.15) is 5.10 Å². The quantitative estimate of drug-likeness (QED) is 0.684. The van der Waals surface area contributed by atoms with Crippen LogP contribution in [0.15, 0.2) is 24.3 Å². The Morgan fingerprint density at radius 3 is 2.53 bits per heavy atom. The van der Waals surface area contributed by atoms with Gasteiger partial charge >= 0.3 is 0 Å². The Balaban J connectivity index is 1.72. The number of nitrogens with zero attached hydrogens (tertiary/aromatic N) is 3. The summed E-state index contributed by atoms with van der Waals surface area (Å²) in [5.74, 6) is -0.307. The second-order valence-corrected chi connectivity index (χ2v) is 10.8. The molecule has 1 N–H and O–H groups in total. The largest absolute Gasteiger partial charge is 0.334 e. The lowest BCUT2D eigenvalue weighted by atomic mass is 9.79. The number of piperidine rings is 1. The summed E-state index contributed by atoms with van der Waals surface area (Å²) in [4.78, 5) is 16.1. The average molecular weight is 441 g/mol. The van der Waals surface area contributed by atoms with Crippen molar-refractivity contribution in [2.24, 2.45) is 0 Å². The smallest absolute Gasteiger partial charge is 0.274 e. The van der Waals surface area contributed by atoms with Gasteiger partial charge in [-0.3, -0.25) is 4.79 Å². The number of hydrogen-bond donors (Lipinski definition) is 1. The number of unbranched alkanes of at least 4 members (excludes halogenated alkanes) is 1. The number of rotatable bonds is 6. The van der Waals surface area contributed by atoms with Crippen molar-refractivity contribution in [3.05, 3.63) is 47.0 Å². The maximum absolute atomic E-state index is 14.6. The van der Waals surface area contributed by atoms with Crippen molar-refractivity contribution >= 4 is 5.91 Å². The third kappa shape index (κ3) is 4.47. The molecule has 0 bridgehead atoms. The molecule has 174 valence electrons. The lowest BCUT2D eigenvalue weighted by molar-refractivity contribution is 0.0435. The van der Waals surface area contributed by atoms with Crippen LogP contribution in [0.25, 0.3) is 5.69 Å². The summed E-state index contributed by atoms with van der Waals surface area (Å²) >= 11 is 0. The number of amides is 1. The predicted molar refractivity (Wildman–Crippen MR) is 126 cm³/mol. The van der Waals surface area contributed by atoms with Crippen LogP contribution in [0.1, 0.15) is 88.5 Å². The van der Waals surface area contributed by atoms with Gasteiger partial charge in [0.15, 0.2) is 5.69 Å². The van der Waals surface area contributed by atoms with E-state index < -0.39 is 0 Å². The van der Waals surface area contributed by atoms with Gasteiger partial charge in [-0.05, 0) is 78.4 Å². The first-order chi connectivity index (χ1) is 15.1. The lowest BCUT2D eigenvalue weighted by Gasteiger charge is -2.49. The van der Waals surface area contributed by atoms with Crippen LogP contribution >= 0.6 is 0 Å². The SMILES string of the molecule is CCCCN(C(=O)c1nn(-c2ccccc2F)c2c1CCC2)C1CC(C)(C)NC(C)(C)C1. The molecular formula is C26H37FN4O. The van der Waals surface area contributed by atoms with Gasteiger partial charge in [0.05, 0.1) is 0 Å². The number of carbonyl (C=O) groups is 1. The number of para-hydroxylation sites is 1. The van der Waals surface area contributed by atoms with Crippen molar-refractivity contribution in [1.29, 1.82) is 0 Å². The van der Waals surface area contributed by atoms with E-state index >= 15 is 0 Å². The Morgan fingerprint density at radius 1 is 1.19 bits per heavy atom. The Morgan fingerprint density at radius 2 is 1.88 bits per heavy atom. The molecule has 32 heavy (non-hydrogen) atoms. The normalized spacial score (nSPS) is 19.7. The molecule has 0 saturated carbocycles. The van der Waals surface area contributed by atoms with Crippen LogP contribution in [0, 0.1) is 5.82 Å². The summed E-state index contributed by atoms with van der Waals surface area (Å²) in [6.07, 6.45) is 6.44. The van der Waals surface area contributed by atoms with Gasteiger partial charge in [0.2, 0.25) is 0 Å². The molecule has 1 saturated heterocycles. The molecular weight excluding hydrogens is 403 g/mol. The third-order valence-corrected chi connectivity index (χ3v) is 6.84. The molecule has 2 aromatic rings. The molecule has 5 nitrogen and oxygen atoms in total. The molecule has 1 aromatic heterocycles. The molecule has 2 heterocycles. The van der Waals surface area contributed by atoms with E-state index in [0.717, 1.165) is 62.7 Å². The fourth-order valence-electron chi connectivity index (χ4n) is 5.84. The molecule has 0 unspecified atom stereocenters. The van der Waals surface area contributed by atoms with Gasteiger partial charge in [-0.25, -0.2) is 9.07 Å². The van der Waals surface area contributed by atoms with Crippen LogP contribution in [-0.4, -0.2) is 44.3 Å². The summed E-state index contributed by atoms with van der Waals surface area (Å²) < 4.78 is 16.3. The minimum Gasteiger partial charge on any atom is -0.334 e. The van der Waals surface area contributed by atoms with E-state index in [9.17, 15) is 9.18 Å². The van der Waals surface area contributed by atoms with Crippen LogP contribution in [0.4, 0.5) is 4.39 Å². The molecule has 4 rings (SSSR count). The highest BCUT2D eigenvalue weighted by atomic mass is 19.1. The zero-order valence-corrected chi connectivity index (χ0v) is 20.2. The van der Waals surface area contributed by atoms with E-state index in [1.165, 1.54) is 6.07 Å². The van der Waals surface area contributed by atoms with Crippen molar-refractivity contribution in [2.45, 2.75) is 96.7 Å². The van der Waals surface area contributed by atoms with Crippen LogP contribution in [0.3, 0.4) is 0 Å². The highest BCUT2D eigenvalue weighted by molar-refractivity contribution is 5.94. The number of carbonyl (C=O) groups excluding carboxylic acids is 1. The van der Waals surface area contributed by atoms with Crippen LogP contribution in [0.2, 0.25) is 0 Å². The maximum atomic E-state index is 14.6. The molecule has 6 heteroatoms. The molecule has 1 fully saturated rings. The van der Waals surface area contributed by atoms with E-state index in [4.69, 9.17) is 5.10 Å². The molecule has 1 aliphatic heterocycles. The molecule has 0 spiro atoms. The van der Waals surface area contributed by atoms with Crippen LogP contribution in [-0.2, 0) is 12.8 Å².